The number of nitrogens with two attached hydrogens (primary N) is 5. The molecular weight excluding hydrogens is 496 g/mol. The Balaban J connectivity index is 1.68. The summed E-state index contributed by atoms with van der Waals surface area (Å²) in [7, 11) is 1.56. The largest absolute Gasteiger partial charge is 0.398 e. The van der Waals surface area contributed by atoms with Crippen LogP contribution in [0.4, 0.5) is 0 Å². The third-order valence-corrected chi connectivity index (χ3v) is 7.16. The fourth-order valence-electron chi connectivity index (χ4n) is 4.86. The van der Waals surface area contributed by atoms with Crippen LogP contribution < -0.4 is 34.0 Å². The molecule has 16 nitrogen and oxygen atoms in total. The van der Waals surface area contributed by atoms with Crippen LogP contribution in [-0.2, 0) is 18.9 Å². The van der Waals surface area contributed by atoms with E-state index in [1.165, 1.54) is 6.08 Å². The quantitative estimate of drug-likeness (QED) is 0.128. The topological polar surface area (TPSA) is 300 Å². The van der Waals surface area contributed by atoms with Crippen LogP contribution in [0.5, 0.6) is 0 Å². The summed E-state index contributed by atoms with van der Waals surface area (Å²) in [5.41, 5.74) is 29.4. The zero-order valence-electron chi connectivity index (χ0n) is 20.6. The SMILES string of the molecule is CNC1C(O)C[C@H](/C=C(\N)[C@H](O)O[C@@H]2C(N)C[C@@H](N)C(O)C2N)OC1O[C@H]1OC(CO)[C@@H](N)C(O)C1O. The van der Waals surface area contributed by atoms with Gasteiger partial charge in [0.25, 0.3) is 0 Å². The smallest absolute Gasteiger partial charge is 0.196 e. The van der Waals surface area contributed by atoms with Gasteiger partial charge in [-0.25, -0.2) is 0 Å². The van der Waals surface area contributed by atoms with Gasteiger partial charge >= 0.3 is 0 Å². The molecule has 0 aromatic rings. The molecule has 1 aliphatic carbocycles. The van der Waals surface area contributed by atoms with E-state index in [2.05, 4.69) is 5.32 Å². The zero-order valence-corrected chi connectivity index (χ0v) is 20.6. The molecule has 3 aliphatic rings. The molecule has 1 saturated carbocycles. The van der Waals surface area contributed by atoms with Gasteiger partial charge in [0, 0.05) is 18.5 Å². The third kappa shape index (κ3) is 6.75. The summed E-state index contributed by atoms with van der Waals surface area (Å²) in [5, 5.41) is 64.2. The lowest BCUT2D eigenvalue weighted by molar-refractivity contribution is -0.340. The summed E-state index contributed by atoms with van der Waals surface area (Å²) >= 11 is 0. The normalized spacial score (nSPS) is 48.6. The van der Waals surface area contributed by atoms with Crippen molar-refractivity contribution >= 4 is 0 Å². The standard InChI is InChI=1S/C21H42N6O10/c1-27-14-10(29)3-6(34-20(14)37-21-17(32)16(31)12(25)11(5-28)35-21)2-9(24)19(33)36-18-8(23)4-7(22)15(30)13(18)26/h2,6-8,10-21,27-33H,3-5,22-26H2,1H3/b9-2-/t6-,7+,8?,10?,11?,12+,13?,14?,15?,16?,17?,18+,19+,20?,21+/m0/s1. The highest BCUT2D eigenvalue weighted by molar-refractivity contribution is 5.08. The maximum atomic E-state index is 10.7. The lowest BCUT2D eigenvalue weighted by Crippen LogP contribution is -2.65. The Morgan fingerprint density at radius 2 is 1.65 bits per heavy atom. The summed E-state index contributed by atoms with van der Waals surface area (Å²) in [5.74, 6) is 0. The number of aliphatic hydroxyl groups is 6. The van der Waals surface area contributed by atoms with E-state index in [0.717, 1.165) is 0 Å². The maximum Gasteiger partial charge on any atom is 0.196 e. The molecule has 0 spiro atoms. The molecule has 9 unspecified atom stereocenters. The highest BCUT2D eigenvalue weighted by atomic mass is 16.8. The summed E-state index contributed by atoms with van der Waals surface area (Å²) in [6.07, 6.45) is -10.6. The van der Waals surface area contributed by atoms with Crippen molar-refractivity contribution in [1.82, 2.24) is 5.32 Å². The van der Waals surface area contributed by atoms with E-state index in [1.807, 2.05) is 0 Å². The highest BCUT2D eigenvalue weighted by Gasteiger charge is 2.47. The third-order valence-electron chi connectivity index (χ3n) is 7.16. The van der Waals surface area contributed by atoms with Crippen LogP contribution >= 0.6 is 0 Å². The molecule has 0 amide bonds. The van der Waals surface area contributed by atoms with Gasteiger partial charge < -0.3 is 83.6 Å². The molecule has 2 aliphatic heterocycles. The lowest BCUT2D eigenvalue weighted by atomic mass is 9.83. The van der Waals surface area contributed by atoms with Crippen LogP contribution in [0.3, 0.4) is 0 Å². The van der Waals surface area contributed by atoms with E-state index >= 15 is 0 Å². The summed E-state index contributed by atoms with van der Waals surface area (Å²) in [4.78, 5) is 0. The predicted molar refractivity (Wildman–Crippen MR) is 127 cm³/mol. The fourth-order valence-corrected chi connectivity index (χ4v) is 4.86. The predicted octanol–water partition coefficient (Wildman–Crippen LogP) is -6.87. The second kappa shape index (κ2) is 12.9. The van der Waals surface area contributed by atoms with Crippen molar-refractivity contribution in [3.05, 3.63) is 11.8 Å². The first-order valence-electron chi connectivity index (χ1n) is 12.2. The molecule has 3 fully saturated rings. The Morgan fingerprint density at radius 1 is 0.973 bits per heavy atom. The van der Waals surface area contributed by atoms with Gasteiger partial charge in [0.1, 0.15) is 18.3 Å². The van der Waals surface area contributed by atoms with Gasteiger partial charge in [-0.1, -0.05) is 0 Å². The Bertz CT molecular complexity index is 767. The summed E-state index contributed by atoms with van der Waals surface area (Å²) in [6, 6.07) is -4.04. The second-order valence-electron chi connectivity index (χ2n) is 9.83. The minimum absolute atomic E-state index is 0.0512. The van der Waals surface area contributed by atoms with Crippen molar-refractivity contribution in [3.63, 3.8) is 0 Å². The number of nitrogens with one attached hydrogen (secondary N) is 1. The van der Waals surface area contributed by atoms with Gasteiger partial charge in [0.15, 0.2) is 18.9 Å². The van der Waals surface area contributed by atoms with E-state index in [0.29, 0.717) is 0 Å². The van der Waals surface area contributed by atoms with E-state index in [-0.39, 0.29) is 18.5 Å². The zero-order chi connectivity index (χ0) is 27.6. The first-order valence-corrected chi connectivity index (χ1v) is 12.2. The van der Waals surface area contributed by atoms with Crippen molar-refractivity contribution in [2.45, 2.75) is 105 Å². The van der Waals surface area contributed by atoms with E-state index in [4.69, 9.17) is 47.6 Å². The van der Waals surface area contributed by atoms with Crippen molar-refractivity contribution < 1.29 is 49.6 Å². The number of hydrogen-bond donors (Lipinski definition) is 12. The Labute approximate surface area is 214 Å². The second-order valence-corrected chi connectivity index (χ2v) is 9.83. The van der Waals surface area contributed by atoms with E-state index < -0.39 is 98.4 Å². The van der Waals surface area contributed by atoms with Crippen LogP contribution in [0.1, 0.15) is 12.8 Å². The van der Waals surface area contributed by atoms with Gasteiger partial charge in [-0.05, 0) is 19.5 Å². The van der Waals surface area contributed by atoms with Crippen LogP contribution in [0.25, 0.3) is 0 Å². The van der Waals surface area contributed by atoms with Gasteiger partial charge in [-0.2, -0.15) is 0 Å². The van der Waals surface area contributed by atoms with Crippen molar-refractivity contribution in [2.75, 3.05) is 13.7 Å². The number of rotatable bonds is 8. The summed E-state index contributed by atoms with van der Waals surface area (Å²) < 4.78 is 22.6. The van der Waals surface area contributed by atoms with E-state index in [1.54, 1.807) is 7.05 Å². The van der Waals surface area contributed by atoms with Gasteiger partial charge in [0.05, 0.1) is 54.8 Å². The first kappa shape index (κ1) is 30.5. The molecule has 2 heterocycles. The average Bonchev–Trinajstić information content (AvgIpc) is 2.85. The number of likely N-dealkylation sites (N-methyl/N-ethyl adjacent to an activating group) is 1. The maximum absolute atomic E-state index is 10.7. The molecular formula is C21H42N6O10. The average molecular weight is 539 g/mol. The molecule has 0 bridgehead atoms. The molecule has 3 rings (SSSR count). The minimum atomic E-state index is -1.66. The molecule has 16 heteroatoms. The Kier molecular flexibility index (Phi) is 10.6. The van der Waals surface area contributed by atoms with Crippen LogP contribution in [0.15, 0.2) is 11.8 Å². The Hall–Kier alpha value is -1.06. The van der Waals surface area contributed by atoms with Gasteiger partial charge in [0.2, 0.25) is 0 Å². The van der Waals surface area contributed by atoms with E-state index in [9.17, 15) is 30.6 Å². The fraction of sp³-hybridized carbons (Fsp3) is 0.905. The van der Waals surface area contributed by atoms with Crippen LogP contribution in [0.2, 0.25) is 0 Å². The molecule has 2 saturated heterocycles. The van der Waals surface area contributed by atoms with Crippen LogP contribution in [0, 0.1) is 0 Å². The molecule has 216 valence electrons. The lowest BCUT2D eigenvalue weighted by Gasteiger charge is -2.44. The minimum Gasteiger partial charge on any atom is -0.398 e. The molecule has 17 N–H and O–H groups in total. The van der Waals surface area contributed by atoms with Crippen LogP contribution in [-0.4, -0.2) is 136 Å². The summed E-state index contributed by atoms with van der Waals surface area (Å²) in [6.45, 7) is -0.522. The van der Waals surface area contributed by atoms with Gasteiger partial charge in [-0.3, -0.25) is 0 Å². The molecule has 0 aromatic carbocycles. The van der Waals surface area contributed by atoms with Gasteiger partial charge in [-0.15, -0.1) is 0 Å². The highest BCUT2D eigenvalue weighted by Crippen LogP contribution is 2.28. The van der Waals surface area contributed by atoms with Crippen molar-refractivity contribution in [2.24, 2.45) is 28.7 Å². The molecule has 37 heavy (non-hydrogen) atoms. The van der Waals surface area contributed by atoms with Crippen molar-refractivity contribution in [1.29, 1.82) is 0 Å². The number of hydrogen-bond acceptors (Lipinski definition) is 16. The monoisotopic (exact) mass is 538 g/mol. The first-order chi connectivity index (χ1) is 17.4. The molecule has 15 atom stereocenters. The number of ether oxygens (including phenoxy) is 4. The number of aliphatic hydroxyl groups excluding tert-OH is 6. The van der Waals surface area contributed by atoms with Crippen molar-refractivity contribution in [3.8, 4) is 0 Å². The molecule has 0 radical (unpaired) electrons. The Morgan fingerprint density at radius 3 is 2.27 bits per heavy atom. The molecule has 0 aromatic heterocycles.